The number of anilines is 1. The molecule has 4 heteroatoms. The first-order valence-corrected chi connectivity index (χ1v) is 7.35. The minimum atomic E-state index is 0.0615. The van der Waals surface area contributed by atoms with E-state index < -0.39 is 0 Å². The first-order chi connectivity index (χ1) is 9.65. The zero-order chi connectivity index (χ0) is 14.1. The van der Waals surface area contributed by atoms with Gasteiger partial charge < -0.3 is 10.6 Å². The summed E-state index contributed by atoms with van der Waals surface area (Å²) in [5.41, 5.74) is 9.85. The van der Waals surface area contributed by atoms with Crippen LogP contribution >= 0.6 is 15.9 Å². The van der Waals surface area contributed by atoms with Gasteiger partial charge in [0.15, 0.2) is 0 Å². The summed E-state index contributed by atoms with van der Waals surface area (Å²) in [4.78, 5) is 14.4. The molecule has 0 atom stereocenters. The second-order valence-corrected chi connectivity index (χ2v) is 5.88. The molecule has 0 radical (unpaired) electrons. The minimum absolute atomic E-state index is 0.0615. The van der Waals surface area contributed by atoms with Crippen LogP contribution in [0, 0.1) is 0 Å². The summed E-state index contributed by atoms with van der Waals surface area (Å²) in [6, 6.07) is 13.4. The van der Waals surface area contributed by atoms with Gasteiger partial charge in [0.05, 0.1) is 0 Å². The molecule has 0 aliphatic carbocycles. The Labute approximate surface area is 126 Å². The van der Waals surface area contributed by atoms with Crippen LogP contribution < -0.4 is 5.73 Å². The Morgan fingerprint density at radius 3 is 2.65 bits per heavy atom. The number of fused-ring (bicyclic) bond motifs is 1. The van der Waals surface area contributed by atoms with Crippen LogP contribution in [0.3, 0.4) is 0 Å². The van der Waals surface area contributed by atoms with E-state index in [1.807, 2.05) is 41.3 Å². The Bertz CT molecular complexity index is 652. The second kappa shape index (κ2) is 5.29. The third-order valence-electron chi connectivity index (χ3n) is 3.69. The molecule has 0 unspecified atom stereocenters. The molecule has 2 aromatic carbocycles. The van der Waals surface area contributed by atoms with Crippen LogP contribution in [0.4, 0.5) is 5.69 Å². The van der Waals surface area contributed by atoms with Crippen molar-refractivity contribution in [2.45, 2.75) is 13.0 Å². The van der Waals surface area contributed by atoms with Gasteiger partial charge >= 0.3 is 0 Å². The number of halogens is 1. The van der Waals surface area contributed by atoms with Crippen LogP contribution in [0.2, 0.25) is 0 Å². The Balaban J connectivity index is 1.85. The fourth-order valence-corrected chi connectivity index (χ4v) is 2.82. The predicted molar refractivity (Wildman–Crippen MR) is 83.4 cm³/mol. The largest absolute Gasteiger partial charge is 0.398 e. The molecule has 1 amide bonds. The molecular formula is C16H15BrN2O. The number of hydrogen-bond acceptors (Lipinski definition) is 2. The fourth-order valence-electron chi connectivity index (χ4n) is 2.56. The molecule has 1 aliphatic rings. The Hall–Kier alpha value is -1.81. The van der Waals surface area contributed by atoms with Crippen molar-refractivity contribution in [1.82, 2.24) is 4.90 Å². The number of carbonyl (C=O) groups excluding carboxylic acids is 1. The number of hydrogen-bond donors (Lipinski definition) is 1. The van der Waals surface area contributed by atoms with E-state index in [4.69, 9.17) is 5.73 Å². The molecule has 2 N–H and O–H groups in total. The number of nitrogen functional groups attached to an aromatic ring is 1. The topological polar surface area (TPSA) is 46.3 Å². The highest BCUT2D eigenvalue weighted by Gasteiger charge is 2.22. The lowest BCUT2D eigenvalue weighted by atomic mass is 9.97. The van der Waals surface area contributed by atoms with Gasteiger partial charge in [-0.3, -0.25) is 4.79 Å². The van der Waals surface area contributed by atoms with E-state index in [0.717, 1.165) is 28.7 Å². The zero-order valence-electron chi connectivity index (χ0n) is 11.0. The van der Waals surface area contributed by atoms with Crippen LogP contribution in [-0.4, -0.2) is 17.4 Å². The molecular weight excluding hydrogens is 316 g/mol. The maximum Gasteiger partial charge on any atom is 0.254 e. The van der Waals surface area contributed by atoms with E-state index in [1.54, 1.807) is 0 Å². The highest BCUT2D eigenvalue weighted by Crippen LogP contribution is 2.25. The molecule has 0 spiro atoms. The van der Waals surface area contributed by atoms with Gasteiger partial charge in [0, 0.05) is 28.8 Å². The van der Waals surface area contributed by atoms with Crippen molar-refractivity contribution in [3.63, 3.8) is 0 Å². The first kappa shape index (κ1) is 13.2. The Morgan fingerprint density at radius 2 is 1.90 bits per heavy atom. The van der Waals surface area contributed by atoms with Crippen molar-refractivity contribution in [2.24, 2.45) is 0 Å². The lowest BCUT2D eigenvalue weighted by Crippen LogP contribution is -2.36. The standard InChI is InChI=1S/C16H15BrN2O/c17-13-6-4-12(5-7-13)16(20)19-9-8-11-2-1-3-15(18)14(11)10-19/h1-7H,8-10,18H2. The number of benzene rings is 2. The quantitative estimate of drug-likeness (QED) is 0.816. The lowest BCUT2D eigenvalue weighted by molar-refractivity contribution is 0.0735. The van der Waals surface area contributed by atoms with Crippen molar-refractivity contribution in [1.29, 1.82) is 0 Å². The minimum Gasteiger partial charge on any atom is -0.398 e. The third-order valence-corrected chi connectivity index (χ3v) is 4.22. The van der Waals surface area contributed by atoms with Crippen molar-refractivity contribution in [3.05, 3.63) is 63.6 Å². The monoisotopic (exact) mass is 330 g/mol. The number of amides is 1. The molecule has 1 heterocycles. The Morgan fingerprint density at radius 1 is 1.15 bits per heavy atom. The zero-order valence-corrected chi connectivity index (χ0v) is 12.6. The SMILES string of the molecule is Nc1cccc2c1CN(C(=O)c1ccc(Br)cc1)CC2. The molecule has 1 aliphatic heterocycles. The van der Waals surface area contributed by atoms with Crippen molar-refractivity contribution < 1.29 is 4.79 Å². The van der Waals surface area contributed by atoms with Gasteiger partial charge in [0.25, 0.3) is 5.91 Å². The summed E-state index contributed by atoms with van der Waals surface area (Å²) in [6.07, 6.45) is 0.864. The summed E-state index contributed by atoms with van der Waals surface area (Å²) in [5, 5.41) is 0. The van der Waals surface area contributed by atoms with E-state index >= 15 is 0 Å². The van der Waals surface area contributed by atoms with Crippen molar-refractivity contribution in [2.75, 3.05) is 12.3 Å². The fraction of sp³-hybridized carbons (Fsp3) is 0.188. The number of rotatable bonds is 1. The normalized spacial score (nSPS) is 13.9. The number of nitrogens with zero attached hydrogens (tertiary/aromatic N) is 1. The van der Waals surface area contributed by atoms with Gasteiger partial charge in [0.1, 0.15) is 0 Å². The Kier molecular flexibility index (Phi) is 3.49. The molecule has 0 bridgehead atoms. The molecule has 3 rings (SSSR count). The van der Waals surface area contributed by atoms with Gasteiger partial charge in [-0.05, 0) is 47.9 Å². The van der Waals surface area contributed by atoms with Gasteiger partial charge in [0.2, 0.25) is 0 Å². The molecule has 0 aromatic heterocycles. The van der Waals surface area contributed by atoms with E-state index in [9.17, 15) is 4.79 Å². The molecule has 2 aromatic rings. The van der Waals surface area contributed by atoms with Crippen LogP contribution in [0.1, 0.15) is 21.5 Å². The summed E-state index contributed by atoms with van der Waals surface area (Å²) >= 11 is 3.38. The van der Waals surface area contributed by atoms with Gasteiger partial charge in [-0.1, -0.05) is 28.1 Å². The highest BCUT2D eigenvalue weighted by atomic mass is 79.9. The number of nitrogens with two attached hydrogens (primary N) is 1. The van der Waals surface area contributed by atoms with Crippen molar-refractivity contribution >= 4 is 27.5 Å². The van der Waals surface area contributed by atoms with E-state index in [0.29, 0.717) is 12.1 Å². The maximum atomic E-state index is 12.5. The molecule has 20 heavy (non-hydrogen) atoms. The summed E-state index contributed by atoms with van der Waals surface area (Å²) in [5.74, 6) is 0.0615. The average Bonchev–Trinajstić information content (AvgIpc) is 2.47. The summed E-state index contributed by atoms with van der Waals surface area (Å²) < 4.78 is 0.974. The second-order valence-electron chi connectivity index (χ2n) is 4.97. The first-order valence-electron chi connectivity index (χ1n) is 6.56. The molecule has 102 valence electrons. The molecule has 3 nitrogen and oxygen atoms in total. The summed E-state index contributed by atoms with van der Waals surface area (Å²) in [7, 11) is 0. The van der Waals surface area contributed by atoms with Crippen molar-refractivity contribution in [3.8, 4) is 0 Å². The smallest absolute Gasteiger partial charge is 0.254 e. The highest BCUT2D eigenvalue weighted by molar-refractivity contribution is 9.10. The van der Waals surface area contributed by atoms with E-state index in [2.05, 4.69) is 22.0 Å². The van der Waals surface area contributed by atoms with E-state index in [1.165, 1.54) is 5.56 Å². The van der Waals surface area contributed by atoms with Gasteiger partial charge in [-0.25, -0.2) is 0 Å². The van der Waals surface area contributed by atoms with Crippen LogP contribution in [0.25, 0.3) is 0 Å². The predicted octanol–water partition coefficient (Wildman–Crippen LogP) is 3.23. The summed E-state index contributed by atoms with van der Waals surface area (Å²) in [6.45, 7) is 1.34. The van der Waals surface area contributed by atoms with Gasteiger partial charge in [-0.15, -0.1) is 0 Å². The third kappa shape index (κ3) is 2.43. The lowest BCUT2D eigenvalue weighted by Gasteiger charge is -2.29. The van der Waals surface area contributed by atoms with Crippen LogP contribution in [-0.2, 0) is 13.0 Å². The molecule has 0 fully saturated rings. The van der Waals surface area contributed by atoms with Crippen LogP contribution in [0.15, 0.2) is 46.9 Å². The molecule has 0 saturated carbocycles. The molecule has 0 saturated heterocycles. The van der Waals surface area contributed by atoms with Crippen LogP contribution in [0.5, 0.6) is 0 Å². The van der Waals surface area contributed by atoms with E-state index in [-0.39, 0.29) is 5.91 Å². The average molecular weight is 331 g/mol. The number of carbonyl (C=O) groups is 1. The van der Waals surface area contributed by atoms with Gasteiger partial charge in [-0.2, -0.15) is 0 Å². The maximum absolute atomic E-state index is 12.5.